The van der Waals surface area contributed by atoms with Crippen LogP contribution in [-0.4, -0.2) is 37.1 Å². The van der Waals surface area contributed by atoms with Gasteiger partial charge in [-0.15, -0.1) is 0 Å². The summed E-state index contributed by atoms with van der Waals surface area (Å²) in [7, 11) is 2.21. The van der Waals surface area contributed by atoms with Gasteiger partial charge < -0.3 is 10.2 Å². The first-order chi connectivity index (χ1) is 6.72. The summed E-state index contributed by atoms with van der Waals surface area (Å²) in [5.74, 6) is 0. The lowest BCUT2D eigenvalue weighted by Gasteiger charge is -2.19. The molecule has 0 aromatic rings. The molecule has 1 rings (SSSR count). The summed E-state index contributed by atoms with van der Waals surface area (Å²) in [6.45, 7) is 7.09. The number of nitrogens with zero attached hydrogens (tertiary/aromatic N) is 1. The molecule has 0 aromatic carbocycles. The lowest BCUT2D eigenvalue weighted by molar-refractivity contribution is 0.376. The van der Waals surface area contributed by atoms with E-state index in [9.17, 15) is 0 Å². The van der Waals surface area contributed by atoms with Crippen molar-refractivity contribution in [3.63, 3.8) is 0 Å². The molecule has 0 bridgehead atoms. The number of unbranched alkanes of at least 4 members (excludes halogenated alkanes) is 2. The van der Waals surface area contributed by atoms with Crippen LogP contribution in [0.1, 0.15) is 46.0 Å². The van der Waals surface area contributed by atoms with Crippen molar-refractivity contribution in [3.8, 4) is 0 Å². The molecule has 0 spiro atoms. The van der Waals surface area contributed by atoms with E-state index in [-0.39, 0.29) is 0 Å². The molecule has 14 heavy (non-hydrogen) atoms. The van der Waals surface area contributed by atoms with Gasteiger partial charge in [-0.25, -0.2) is 0 Å². The lowest BCUT2D eigenvalue weighted by atomic mass is 10.1. The molecule has 0 aromatic heterocycles. The van der Waals surface area contributed by atoms with E-state index in [1.807, 2.05) is 0 Å². The van der Waals surface area contributed by atoms with Gasteiger partial charge in [-0.2, -0.15) is 0 Å². The second-order valence-electron chi connectivity index (χ2n) is 4.81. The minimum atomic E-state index is 0.707. The Morgan fingerprint density at radius 1 is 1.43 bits per heavy atom. The summed E-state index contributed by atoms with van der Waals surface area (Å²) >= 11 is 0. The molecule has 1 N–H and O–H groups in total. The van der Waals surface area contributed by atoms with Gasteiger partial charge in [-0.05, 0) is 33.4 Å². The van der Waals surface area contributed by atoms with Crippen molar-refractivity contribution in [1.29, 1.82) is 0 Å². The molecular formula is C12H26N2. The largest absolute Gasteiger partial charge is 0.310 e. The molecule has 2 heteroatoms. The van der Waals surface area contributed by atoms with Gasteiger partial charge in [0.05, 0.1) is 0 Å². The number of nitrogens with one attached hydrogen (secondary N) is 1. The Labute approximate surface area is 89.1 Å². The van der Waals surface area contributed by atoms with Crippen molar-refractivity contribution in [2.75, 3.05) is 20.1 Å². The Morgan fingerprint density at radius 3 is 2.79 bits per heavy atom. The molecule has 0 saturated carbocycles. The molecule has 2 atom stereocenters. The van der Waals surface area contributed by atoms with Gasteiger partial charge in [0.1, 0.15) is 0 Å². The van der Waals surface area contributed by atoms with E-state index < -0.39 is 0 Å². The normalized spacial score (nSPS) is 25.5. The Kier molecular flexibility index (Phi) is 5.49. The maximum atomic E-state index is 3.73. The van der Waals surface area contributed by atoms with Crippen LogP contribution in [0.5, 0.6) is 0 Å². The van der Waals surface area contributed by atoms with Crippen molar-refractivity contribution < 1.29 is 0 Å². The van der Waals surface area contributed by atoms with Crippen molar-refractivity contribution in [2.24, 2.45) is 0 Å². The Bertz CT molecular complexity index is 147. The van der Waals surface area contributed by atoms with E-state index in [1.54, 1.807) is 0 Å². The van der Waals surface area contributed by atoms with Gasteiger partial charge in [0.25, 0.3) is 0 Å². The highest BCUT2D eigenvalue weighted by atomic mass is 15.2. The summed E-state index contributed by atoms with van der Waals surface area (Å²) in [4.78, 5) is 2.41. The lowest BCUT2D eigenvalue weighted by Crippen LogP contribution is -2.38. The zero-order valence-corrected chi connectivity index (χ0v) is 10.1. The monoisotopic (exact) mass is 198 g/mol. The molecule has 84 valence electrons. The maximum Gasteiger partial charge on any atom is 0.0209 e. The summed E-state index contributed by atoms with van der Waals surface area (Å²) in [6, 6.07) is 1.45. The van der Waals surface area contributed by atoms with Crippen molar-refractivity contribution in [2.45, 2.75) is 58.0 Å². The third-order valence-corrected chi connectivity index (χ3v) is 3.15. The first-order valence-electron chi connectivity index (χ1n) is 6.17. The fraction of sp³-hybridized carbons (Fsp3) is 1.00. The van der Waals surface area contributed by atoms with E-state index >= 15 is 0 Å². The number of hydrogen-bond acceptors (Lipinski definition) is 2. The summed E-state index contributed by atoms with van der Waals surface area (Å²) < 4.78 is 0. The van der Waals surface area contributed by atoms with Crippen molar-refractivity contribution >= 4 is 0 Å². The van der Waals surface area contributed by atoms with Crippen LogP contribution in [0.15, 0.2) is 0 Å². The molecule has 2 nitrogen and oxygen atoms in total. The van der Waals surface area contributed by atoms with E-state index in [4.69, 9.17) is 0 Å². The number of likely N-dealkylation sites (tertiary alicyclic amines) is 1. The van der Waals surface area contributed by atoms with Crippen LogP contribution in [0.4, 0.5) is 0 Å². The zero-order chi connectivity index (χ0) is 10.4. The Hall–Kier alpha value is -0.0800. The molecule has 1 heterocycles. The Balaban J connectivity index is 2.05. The second-order valence-corrected chi connectivity index (χ2v) is 4.81. The molecule has 1 aliphatic heterocycles. The predicted octanol–water partition coefficient (Wildman–Crippen LogP) is 2.25. The van der Waals surface area contributed by atoms with E-state index in [2.05, 4.69) is 31.1 Å². The topological polar surface area (TPSA) is 15.3 Å². The predicted molar refractivity (Wildman–Crippen MR) is 62.6 cm³/mol. The van der Waals surface area contributed by atoms with Gasteiger partial charge in [0, 0.05) is 18.6 Å². The van der Waals surface area contributed by atoms with Crippen LogP contribution in [0.3, 0.4) is 0 Å². The average Bonchev–Trinajstić information content (AvgIpc) is 2.52. The summed E-state index contributed by atoms with van der Waals surface area (Å²) in [6.07, 6.45) is 6.77. The van der Waals surface area contributed by atoms with Crippen LogP contribution in [0.2, 0.25) is 0 Å². The number of rotatable bonds is 6. The smallest absolute Gasteiger partial charge is 0.0209 e. The molecule has 1 saturated heterocycles. The number of likely N-dealkylation sites (N-methyl/N-ethyl adjacent to an activating group) is 1. The second kappa shape index (κ2) is 6.41. The first kappa shape index (κ1) is 12.0. The molecule has 1 fully saturated rings. The summed E-state index contributed by atoms with van der Waals surface area (Å²) in [5, 5.41) is 3.73. The molecule has 0 unspecified atom stereocenters. The van der Waals surface area contributed by atoms with Crippen LogP contribution in [0.25, 0.3) is 0 Å². The third kappa shape index (κ3) is 4.43. The minimum absolute atomic E-state index is 0.707. The van der Waals surface area contributed by atoms with Crippen LogP contribution < -0.4 is 5.32 Å². The van der Waals surface area contributed by atoms with E-state index in [0.717, 1.165) is 6.04 Å². The fourth-order valence-corrected chi connectivity index (χ4v) is 2.26. The van der Waals surface area contributed by atoms with Crippen LogP contribution in [0, 0.1) is 0 Å². The molecule has 0 amide bonds. The van der Waals surface area contributed by atoms with Gasteiger partial charge in [0.15, 0.2) is 0 Å². The number of hydrogen-bond donors (Lipinski definition) is 1. The first-order valence-corrected chi connectivity index (χ1v) is 6.17. The highest BCUT2D eigenvalue weighted by molar-refractivity contribution is 4.80. The van der Waals surface area contributed by atoms with Crippen molar-refractivity contribution in [1.82, 2.24) is 10.2 Å². The van der Waals surface area contributed by atoms with Crippen molar-refractivity contribution in [3.05, 3.63) is 0 Å². The van der Waals surface area contributed by atoms with E-state index in [1.165, 1.54) is 45.2 Å². The van der Waals surface area contributed by atoms with Gasteiger partial charge in [0.2, 0.25) is 0 Å². The zero-order valence-electron chi connectivity index (χ0n) is 10.1. The van der Waals surface area contributed by atoms with Gasteiger partial charge >= 0.3 is 0 Å². The fourth-order valence-electron chi connectivity index (χ4n) is 2.26. The maximum absolute atomic E-state index is 3.73. The SMILES string of the molecule is CCCCC[C@@H](C)N[C@@H]1CCN(C)C1. The third-order valence-electron chi connectivity index (χ3n) is 3.15. The molecule has 0 aliphatic carbocycles. The average molecular weight is 198 g/mol. The highest BCUT2D eigenvalue weighted by Gasteiger charge is 2.20. The Morgan fingerprint density at radius 2 is 2.21 bits per heavy atom. The van der Waals surface area contributed by atoms with Gasteiger partial charge in [-0.3, -0.25) is 0 Å². The van der Waals surface area contributed by atoms with Gasteiger partial charge in [-0.1, -0.05) is 26.2 Å². The molecule has 1 aliphatic rings. The quantitative estimate of drug-likeness (QED) is 0.659. The van der Waals surface area contributed by atoms with E-state index in [0.29, 0.717) is 6.04 Å². The van der Waals surface area contributed by atoms with Crippen LogP contribution in [-0.2, 0) is 0 Å². The minimum Gasteiger partial charge on any atom is -0.310 e. The highest BCUT2D eigenvalue weighted by Crippen LogP contribution is 2.09. The standard InChI is InChI=1S/C12H26N2/c1-4-5-6-7-11(2)13-12-8-9-14(3)10-12/h11-13H,4-10H2,1-3H3/t11-,12-/m1/s1. The summed E-state index contributed by atoms with van der Waals surface area (Å²) in [5.41, 5.74) is 0. The molecule has 0 radical (unpaired) electrons. The van der Waals surface area contributed by atoms with Crippen LogP contribution >= 0.6 is 0 Å². The molecular weight excluding hydrogens is 172 g/mol.